The molecular formula is C11H19N3O. The molecule has 15 heavy (non-hydrogen) atoms. The van der Waals surface area contributed by atoms with Gasteiger partial charge >= 0.3 is 0 Å². The lowest BCUT2D eigenvalue weighted by molar-refractivity contribution is -0.133. The van der Waals surface area contributed by atoms with Gasteiger partial charge in [0.1, 0.15) is 0 Å². The number of rotatable bonds is 2. The third kappa shape index (κ3) is 2.21. The van der Waals surface area contributed by atoms with Crippen molar-refractivity contribution in [3.05, 3.63) is 12.7 Å². The molecule has 2 saturated heterocycles. The van der Waals surface area contributed by atoms with Crippen LogP contribution >= 0.6 is 0 Å². The SMILES string of the molecule is C=CC(=O)N1CC(N2CCN[C@@H](C)C2)C1. The van der Waals surface area contributed by atoms with Gasteiger partial charge in [0.15, 0.2) is 0 Å². The van der Waals surface area contributed by atoms with E-state index in [9.17, 15) is 4.79 Å². The van der Waals surface area contributed by atoms with Crippen molar-refractivity contribution in [1.29, 1.82) is 0 Å². The number of carbonyl (C=O) groups is 1. The lowest BCUT2D eigenvalue weighted by Gasteiger charge is -2.47. The first-order valence-corrected chi connectivity index (χ1v) is 5.59. The number of piperazine rings is 1. The van der Waals surface area contributed by atoms with E-state index in [-0.39, 0.29) is 5.91 Å². The molecular weight excluding hydrogens is 190 g/mol. The van der Waals surface area contributed by atoms with Crippen LogP contribution in [0.15, 0.2) is 12.7 Å². The fourth-order valence-corrected chi connectivity index (χ4v) is 2.29. The Morgan fingerprint density at radius 3 is 2.80 bits per heavy atom. The quantitative estimate of drug-likeness (QED) is 0.633. The van der Waals surface area contributed by atoms with Crippen LogP contribution in [0.25, 0.3) is 0 Å². The van der Waals surface area contributed by atoms with Gasteiger partial charge in [-0.25, -0.2) is 0 Å². The topological polar surface area (TPSA) is 35.6 Å². The summed E-state index contributed by atoms with van der Waals surface area (Å²) in [6.07, 6.45) is 1.40. The van der Waals surface area contributed by atoms with E-state index in [1.165, 1.54) is 6.08 Å². The van der Waals surface area contributed by atoms with E-state index in [4.69, 9.17) is 0 Å². The van der Waals surface area contributed by atoms with Crippen molar-refractivity contribution in [2.24, 2.45) is 0 Å². The van der Waals surface area contributed by atoms with Gasteiger partial charge in [-0.05, 0) is 13.0 Å². The van der Waals surface area contributed by atoms with Gasteiger partial charge in [0, 0.05) is 44.8 Å². The van der Waals surface area contributed by atoms with Crippen LogP contribution in [-0.4, -0.2) is 60.5 Å². The van der Waals surface area contributed by atoms with Gasteiger partial charge in [-0.15, -0.1) is 0 Å². The van der Waals surface area contributed by atoms with Crippen molar-refractivity contribution in [2.75, 3.05) is 32.7 Å². The molecule has 0 aromatic carbocycles. The average Bonchev–Trinajstić information content (AvgIpc) is 2.15. The minimum Gasteiger partial charge on any atom is -0.336 e. The van der Waals surface area contributed by atoms with E-state index in [1.54, 1.807) is 0 Å². The Balaban J connectivity index is 1.78. The van der Waals surface area contributed by atoms with E-state index >= 15 is 0 Å². The summed E-state index contributed by atoms with van der Waals surface area (Å²) in [6, 6.07) is 1.14. The average molecular weight is 209 g/mol. The molecule has 4 nitrogen and oxygen atoms in total. The highest BCUT2D eigenvalue weighted by Crippen LogP contribution is 2.16. The number of hydrogen-bond donors (Lipinski definition) is 1. The van der Waals surface area contributed by atoms with Crippen LogP contribution in [0.3, 0.4) is 0 Å². The Morgan fingerprint density at radius 1 is 1.47 bits per heavy atom. The second-order valence-corrected chi connectivity index (χ2v) is 4.45. The molecule has 2 aliphatic heterocycles. The highest BCUT2D eigenvalue weighted by Gasteiger charge is 2.34. The van der Waals surface area contributed by atoms with E-state index in [0.717, 1.165) is 32.7 Å². The third-order valence-corrected chi connectivity index (χ3v) is 3.27. The van der Waals surface area contributed by atoms with Crippen LogP contribution in [0, 0.1) is 0 Å². The normalized spacial score (nSPS) is 28.6. The summed E-state index contributed by atoms with van der Waals surface area (Å²) in [5, 5.41) is 3.42. The number of amides is 1. The van der Waals surface area contributed by atoms with Crippen LogP contribution in [0.2, 0.25) is 0 Å². The number of carbonyl (C=O) groups excluding carboxylic acids is 1. The molecule has 1 amide bonds. The molecule has 1 N–H and O–H groups in total. The van der Waals surface area contributed by atoms with Gasteiger partial charge in [0.2, 0.25) is 5.91 Å². The summed E-state index contributed by atoms with van der Waals surface area (Å²) in [6.45, 7) is 10.7. The second kappa shape index (κ2) is 4.33. The Labute approximate surface area is 90.9 Å². The van der Waals surface area contributed by atoms with Crippen LogP contribution in [0.1, 0.15) is 6.92 Å². The van der Waals surface area contributed by atoms with Crippen molar-refractivity contribution in [3.63, 3.8) is 0 Å². The summed E-state index contributed by atoms with van der Waals surface area (Å²) in [4.78, 5) is 15.6. The van der Waals surface area contributed by atoms with Crippen molar-refractivity contribution in [2.45, 2.75) is 19.0 Å². The van der Waals surface area contributed by atoms with E-state index in [1.807, 2.05) is 4.90 Å². The molecule has 0 spiro atoms. The molecule has 2 fully saturated rings. The van der Waals surface area contributed by atoms with Gasteiger partial charge < -0.3 is 10.2 Å². The maximum absolute atomic E-state index is 11.3. The first-order chi connectivity index (χ1) is 7.20. The van der Waals surface area contributed by atoms with Crippen LogP contribution < -0.4 is 5.32 Å². The zero-order valence-electron chi connectivity index (χ0n) is 9.28. The first-order valence-electron chi connectivity index (χ1n) is 5.59. The fraction of sp³-hybridized carbons (Fsp3) is 0.727. The van der Waals surface area contributed by atoms with Crippen molar-refractivity contribution < 1.29 is 4.79 Å². The van der Waals surface area contributed by atoms with Crippen LogP contribution in [-0.2, 0) is 4.79 Å². The summed E-state index contributed by atoms with van der Waals surface area (Å²) in [5.41, 5.74) is 0. The number of hydrogen-bond acceptors (Lipinski definition) is 3. The van der Waals surface area contributed by atoms with Crippen molar-refractivity contribution >= 4 is 5.91 Å². The lowest BCUT2D eigenvalue weighted by Crippen LogP contribution is -2.64. The first kappa shape index (κ1) is 10.6. The minimum atomic E-state index is 0.0643. The fourth-order valence-electron chi connectivity index (χ4n) is 2.29. The molecule has 0 bridgehead atoms. The largest absolute Gasteiger partial charge is 0.336 e. The summed E-state index contributed by atoms with van der Waals surface area (Å²) >= 11 is 0. The van der Waals surface area contributed by atoms with Gasteiger partial charge in [-0.1, -0.05) is 6.58 Å². The highest BCUT2D eigenvalue weighted by molar-refractivity contribution is 5.87. The number of nitrogens with one attached hydrogen (secondary N) is 1. The molecule has 4 heteroatoms. The molecule has 2 heterocycles. The Morgan fingerprint density at radius 2 is 2.20 bits per heavy atom. The molecule has 2 aliphatic rings. The molecule has 0 unspecified atom stereocenters. The maximum atomic E-state index is 11.3. The standard InChI is InChI=1S/C11H19N3O/c1-3-11(15)14-7-10(8-14)13-5-4-12-9(2)6-13/h3,9-10,12H,1,4-8H2,2H3/t9-/m0/s1. The summed E-state index contributed by atoms with van der Waals surface area (Å²) in [7, 11) is 0. The number of nitrogens with zero attached hydrogens (tertiary/aromatic N) is 2. The Kier molecular flexibility index (Phi) is 3.07. The summed E-state index contributed by atoms with van der Waals surface area (Å²) in [5.74, 6) is 0.0643. The van der Waals surface area contributed by atoms with Gasteiger partial charge in [-0.2, -0.15) is 0 Å². The molecule has 84 valence electrons. The Hall–Kier alpha value is -0.870. The predicted molar refractivity (Wildman–Crippen MR) is 59.6 cm³/mol. The lowest BCUT2D eigenvalue weighted by atomic mass is 10.0. The molecule has 0 radical (unpaired) electrons. The van der Waals surface area contributed by atoms with Gasteiger partial charge in [0.05, 0.1) is 0 Å². The van der Waals surface area contributed by atoms with Crippen LogP contribution in [0.4, 0.5) is 0 Å². The maximum Gasteiger partial charge on any atom is 0.246 e. The molecule has 0 saturated carbocycles. The number of likely N-dealkylation sites (tertiary alicyclic amines) is 1. The van der Waals surface area contributed by atoms with Crippen molar-refractivity contribution in [1.82, 2.24) is 15.1 Å². The zero-order valence-corrected chi connectivity index (χ0v) is 9.28. The van der Waals surface area contributed by atoms with E-state index in [0.29, 0.717) is 12.1 Å². The molecule has 0 aromatic rings. The second-order valence-electron chi connectivity index (χ2n) is 4.45. The van der Waals surface area contributed by atoms with E-state index in [2.05, 4.69) is 23.7 Å². The smallest absolute Gasteiger partial charge is 0.246 e. The minimum absolute atomic E-state index is 0.0643. The molecule has 0 aliphatic carbocycles. The predicted octanol–water partition coefficient (Wildman–Crippen LogP) is -0.323. The monoisotopic (exact) mass is 209 g/mol. The van der Waals surface area contributed by atoms with E-state index < -0.39 is 0 Å². The summed E-state index contributed by atoms with van der Waals surface area (Å²) < 4.78 is 0. The molecule has 1 atom stereocenters. The van der Waals surface area contributed by atoms with Crippen molar-refractivity contribution in [3.8, 4) is 0 Å². The molecule has 2 rings (SSSR count). The zero-order chi connectivity index (χ0) is 10.8. The van der Waals surface area contributed by atoms with Gasteiger partial charge in [-0.3, -0.25) is 9.69 Å². The van der Waals surface area contributed by atoms with Gasteiger partial charge in [0.25, 0.3) is 0 Å². The van der Waals surface area contributed by atoms with Crippen LogP contribution in [0.5, 0.6) is 0 Å². The molecule has 0 aromatic heterocycles. The highest BCUT2D eigenvalue weighted by atomic mass is 16.2. The Bertz CT molecular complexity index is 261. The third-order valence-electron chi connectivity index (χ3n) is 3.27.